The molecular weight excluding hydrogens is 262 g/mol. The number of hydrogen-bond acceptors (Lipinski definition) is 2. The van der Waals surface area contributed by atoms with E-state index in [1.807, 2.05) is 17.9 Å². The van der Waals surface area contributed by atoms with Gasteiger partial charge in [-0.2, -0.15) is 5.10 Å². The van der Waals surface area contributed by atoms with Gasteiger partial charge in [0.05, 0.1) is 13.8 Å². The Hall–Kier alpha value is -1.39. The van der Waals surface area contributed by atoms with Gasteiger partial charge in [-0.1, -0.05) is 49.1 Å². The highest BCUT2D eigenvalue weighted by Crippen LogP contribution is 2.04. The molecule has 1 N–H and O–H groups in total. The number of hydrogen-bond donors (Lipinski definition) is 1. The van der Waals surface area contributed by atoms with Crippen molar-refractivity contribution in [2.24, 2.45) is 7.05 Å². The third-order valence-electron chi connectivity index (χ3n) is 3.48. The lowest BCUT2D eigenvalue weighted by molar-refractivity contribution is 0.665. The first-order valence-corrected chi connectivity index (χ1v) is 10.7. The molecule has 0 spiro atoms. The third-order valence-corrected chi connectivity index (χ3v) is 5.54. The molecule has 0 bridgehead atoms. The van der Waals surface area contributed by atoms with Gasteiger partial charge in [0.1, 0.15) is 0 Å². The van der Waals surface area contributed by atoms with E-state index in [0.717, 1.165) is 25.2 Å². The van der Waals surface area contributed by atoms with E-state index in [-0.39, 0.29) is 0 Å². The van der Waals surface area contributed by atoms with Gasteiger partial charge >= 0.3 is 0 Å². The Balaban J connectivity index is 1.77. The molecule has 2 aromatic rings. The minimum atomic E-state index is -1.17. The molecule has 0 amide bonds. The van der Waals surface area contributed by atoms with Crippen LogP contribution in [0.4, 0.5) is 0 Å². The van der Waals surface area contributed by atoms with Gasteiger partial charge in [-0.05, 0) is 11.6 Å². The van der Waals surface area contributed by atoms with Gasteiger partial charge in [-0.25, -0.2) is 0 Å². The number of nitrogens with one attached hydrogen (secondary N) is 1. The van der Waals surface area contributed by atoms with Crippen LogP contribution in [0.3, 0.4) is 0 Å². The van der Waals surface area contributed by atoms with Crippen molar-refractivity contribution in [1.82, 2.24) is 15.1 Å². The first kappa shape index (κ1) is 15.0. The van der Waals surface area contributed by atoms with Crippen molar-refractivity contribution in [2.75, 3.05) is 6.54 Å². The molecule has 20 heavy (non-hydrogen) atoms. The standard InChI is InChI=1S/C16H25N3Si/c1-19-12-10-15(18-19)9-11-17-13-14-5-7-16(8-6-14)20(2,3)4/h5-8,10,12,17H,9,11,13H2,1-4H3. The van der Waals surface area contributed by atoms with E-state index in [9.17, 15) is 0 Å². The molecule has 3 nitrogen and oxygen atoms in total. The summed E-state index contributed by atoms with van der Waals surface area (Å²) in [5.41, 5.74) is 2.50. The van der Waals surface area contributed by atoms with Gasteiger partial charge in [-0.15, -0.1) is 0 Å². The summed E-state index contributed by atoms with van der Waals surface area (Å²) >= 11 is 0. The van der Waals surface area contributed by atoms with Crippen molar-refractivity contribution < 1.29 is 0 Å². The number of aryl methyl sites for hydroxylation is 1. The van der Waals surface area contributed by atoms with E-state index in [0.29, 0.717) is 0 Å². The number of benzene rings is 1. The summed E-state index contributed by atoms with van der Waals surface area (Å²) in [7, 11) is 0.788. The SMILES string of the molecule is Cn1ccc(CCNCc2ccc([Si](C)(C)C)cc2)n1. The average Bonchev–Trinajstić information content (AvgIpc) is 2.80. The molecule has 1 aromatic carbocycles. The lowest BCUT2D eigenvalue weighted by Gasteiger charge is -2.16. The van der Waals surface area contributed by atoms with Crippen LogP contribution in [-0.2, 0) is 20.0 Å². The summed E-state index contributed by atoms with van der Waals surface area (Å²) in [5.74, 6) is 0. The van der Waals surface area contributed by atoms with Gasteiger partial charge in [0.15, 0.2) is 0 Å². The smallest absolute Gasteiger partial charge is 0.0775 e. The van der Waals surface area contributed by atoms with Gasteiger partial charge in [0, 0.05) is 32.8 Å². The summed E-state index contributed by atoms with van der Waals surface area (Å²) < 4.78 is 1.85. The van der Waals surface area contributed by atoms with Gasteiger partial charge in [0.2, 0.25) is 0 Å². The maximum Gasteiger partial charge on any atom is 0.0775 e. The second kappa shape index (κ2) is 6.37. The number of aromatic nitrogens is 2. The van der Waals surface area contributed by atoms with Crippen LogP contribution in [0.25, 0.3) is 0 Å². The molecule has 0 saturated heterocycles. The summed E-state index contributed by atoms with van der Waals surface area (Å²) in [4.78, 5) is 0. The second-order valence-corrected chi connectivity index (χ2v) is 11.4. The zero-order valence-corrected chi connectivity index (χ0v) is 14.0. The highest BCUT2D eigenvalue weighted by molar-refractivity contribution is 6.88. The van der Waals surface area contributed by atoms with Gasteiger partial charge in [0.25, 0.3) is 0 Å². The Bertz CT molecular complexity index is 538. The summed E-state index contributed by atoms with van der Waals surface area (Å²) in [6, 6.07) is 11.2. The first-order chi connectivity index (χ1) is 9.45. The highest BCUT2D eigenvalue weighted by atomic mass is 28.3. The molecule has 0 saturated carbocycles. The van der Waals surface area contributed by atoms with Crippen molar-refractivity contribution >= 4 is 13.3 Å². The van der Waals surface area contributed by atoms with Gasteiger partial charge < -0.3 is 5.32 Å². The first-order valence-electron chi connectivity index (χ1n) is 7.24. The Morgan fingerprint density at radius 3 is 2.35 bits per heavy atom. The normalized spacial score (nSPS) is 11.8. The van der Waals surface area contributed by atoms with Crippen LogP contribution < -0.4 is 10.5 Å². The fourth-order valence-electron chi connectivity index (χ4n) is 2.17. The molecular formula is C16H25N3Si. The molecule has 0 fully saturated rings. The van der Waals surface area contributed by atoms with Crippen LogP contribution in [-0.4, -0.2) is 24.4 Å². The van der Waals surface area contributed by atoms with Crippen molar-refractivity contribution in [1.29, 1.82) is 0 Å². The quantitative estimate of drug-likeness (QED) is 0.652. The lowest BCUT2D eigenvalue weighted by atomic mass is 10.2. The minimum Gasteiger partial charge on any atom is -0.312 e. The molecule has 0 aliphatic rings. The Kier molecular flexibility index (Phi) is 4.78. The van der Waals surface area contributed by atoms with Crippen LogP contribution in [0.1, 0.15) is 11.3 Å². The van der Waals surface area contributed by atoms with E-state index < -0.39 is 8.07 Å². The molecule has 0 aliphatic heterocycles. The number of rotatable bonds is 6. The maximum atomic E-state index is 4.38. The van der Waals surface area contributed by atoms with Crippen LogP contribution in [0.5, 0.6) is 0 Å². The van der Waals surface area contributed by atoms with E-state index in [1.165, 1.54) is 10.8 Å². The van der Waals surface area contributed by atoms with Crippen LogP contribution in [0, 0.1) is 0 Å². The topological polar surface area (TPSA) is 29.9 Å². The maximum absolute atomic E-state index is 4.38. The average molecular weight is 287 g/mol. The summed E-state index contributed by atoms with van der Waals surface area (Å²) in [6.07, 6.45) is 2.97. The molecule has 1 heterocycles. The molecule has 0 radical (unpaired) electrons. The van der Waals surface area contributed by atoms with E-state index in [4.69, 9.17) is 0 Å². The predicted molar refractivity (Wildman–Crippen MR) is 88.0 cm³/mol. The molecule has 0 unspecified atom stereocenters. The molecule has 0 aliphatic carbocycles. The van der Waals surface area contributed by atoms with E-state index in [1.54, 1.807) is 0 Å². The Morgan fingerprint density at radius 1 is 1.10 bits per heavy atom. The Labute approximate surface area is 123 Å². The molecule has 108 valence electrons. The largest absolute Gasteiger partial charge is 0.312 e. The van der Waals surface area contributed by atoms with Crippen molar-refractivity contribution in [3.8, 4) is 0 Å². The third kappa shape index (κ3) is 4.32. The zero-order valence-electron chi connectivity index (χ0n) is 13.0. The zero-order chi connectivity index (χ0) is 14.6. The van der Waals surface area contributed by atoms with Crippen molar-refractivity contribution in [3.63, 3.8) is 0 Å². The summed E-state index contributed by atoms with van der Waals surface area (Å²) in [5, 5.41) is 9.38. The van der Waals surface area contributed by atoms with Gasteiger partial charge in [-0.3, -0.25) is 4.68 Å². The van der Waals surface area contributed by atoms with E-state index >= 15 is 0 Å². The second-order valence-electron chi connectivity index (χ2n) is 6.35. The number of nitrogens with zero attached hydrogens (tertiary/aromatic N) is 2. The predicted octanol–water partition coefficient (Wildman–Crippen LogP) is 2.30. The molecule has 2 rings (SSSR count). The highest BCUT2D eigenvalue weighted by Gasteiger charge is 2.15. The van der Waals surface area contributed by atoms with Crippen LogP contribution in [0.15, 0.2) is 36.5 Å². The monoisotopic (exact) mass is 287 g/mol. The molecule has 0 atom stereocenters. The minimum absolute atomic E-state index is 0.929. The van der Waals surface area contributed by atoms with E-state index in [2.05, 4.69) is 60.4 Å². The Morgan fingerprint density at radius 2 is 1.80 bits per heavy atom. The van der Waals surface area contributed by atoms with Crippen molar-refractivity contribution in [2.45, 2.75) is 32.6 Å². The van der Waals surface area contributed by atoms with Crippen molar-refractivity contribution in [3.05, 3.63) is 47.8 Å². The van der Waals surface area contributed by atoms with Crippen LogP contribution in [0.2, 0.25) is 19.6 Å². The van der Waals surface area contributed by atoms with Crippen LogP contribution >= 0.6 is 0 Å². The molecule has 4 heteroatoms. The fraction of sp³-hybridized carbons (Fsp3) is 0.438. The summed E-state index contributed by atoms with van der Waals surface area (Å²) in [6.45, 7) is 9.04. The fourth-order valence-corrected chi connectivity index (χ4v) is 3.33. The molecule has 1 aromatic heterocycles. The lowest BCUT2D eigenvalue weighted by Crippen LogP contribution is -2.37.